The molecule has 2 amide bonds. The lowest BCUT2D eigenvalue weighted by Gasteiger charge is -2.14. The zero-order valence-corrected chi connectivity index (χ0v) is 13.2. The van der Waals surface area contributed by atoms with Gasteiger partial charge in [0.25, 0.3) is 11.8 Å². The molecule has 0 unspecified atom stereocenters. The van der Waals surface area contributed by atoms with Crippen molar-refractivity contribution < 1.29 is 19.2 Å². The number of hydroxylamine groups is 2. The normalized spacial score (nSPS) is 13.2. The van der Waals surface area contributed by atoms with Crippen molar-refractivity contribution in [2.45, 2.75) is 6.92 Å². The van der Waals surface area contributed by atoms with Crippen LogP contribution in [0.3, 0.4) is 0 Å². The Hall–Kier alpha value is -3.54. The van der Waals surface area contributed by atoms with Gasteiger partial charge in [-0.1, -0.05) is 35.4 Å². The van der Waals surface area contributed by atoms with Crippen molar-refractivity contribution in [1.29, 1.82) is 0 Å². The summed E-state index contributed by atoms with van der Waals surface area (Å²) in [5.41, 5.74) is 1.96. The van der Waals surface area contributed by atoms with Gasteiger partial charge in [0.05, 0.1) is 22.2 Å². The Morgan fingerprint density at radius 1 is 0.960 bits per heavy atom. The molecule has 0 saturated carbocycles. The first kappa shape index (κ1) is 15.0. The molecule has 0 aliphatic carbocycles. The number of imide groups is 1. The van der Waals surface area contributed by atoms with Crippen molar-refractivity contribution in [2.24, 2.45) is 0 Å². The highest BCUT2D eigenvalue weighted by Crippen LogP contribution is 2.25. The summed E-state index contributed by atoms with van der Waals surface area (Å²) >= 11 is 0. The van der Waals surface area contributed by atoms with Crippen LogP contribution < -0.4 is 0 Å². The first-order valence-corrected chi connectivity index (χ1v) is 7.63. The van der Waals surface area contributed by atoms with E-state index in [1.807, 2.05) is 6.07 Å². The number of fused-ring (bicyclic) bond motifs is 2. The molecule has 0 fully saturated rings. The van der Waals surface area contributed by atoms with E-state index in [0.717, 1.165) is 0 Å². The number of nitrogens with zero attached hydrogens (tertiary/aromatic N) is 2. The second-order valence-electron chi connectivity index (χ2n) is 5.66. The lowest BCUT2D eigenvalue weighted by Crippen LogP contribution is -2.32. The standard InChI is InChI=1S/C19H12N2O4/c1-11-10-15(12-6-4-5-9-16(12)20-11)19(24)25-21-17(22)13-7-2-3-8-14(13)18(21)23/h2-10H,1H3. The number of pyridine rings is 1. The van der Waals surface area contributed by atoms with E-state index in [-0.39, 0.29) is 16.7 Å². The number of carbonyl (C=O) groups excluding carboxylic acids is 3. The third kappa shape index (κ3) is 2.35. The average Bonchev–Trinajstić information content (AvgIpc) is 2.86. The van der Waals surface area contributed by atoms with Gasteiger partial charge in [0.1, 0.15) is 0 Å². The van der Waals surface area contributed by atoms with Crippen LogP contribution in [0.4, 0.5) is 0 Å². The fraction of sp³-hybridized carbons (Fsp3) is 0.0526. The summed E-state index contributed by atoms with van der Waals surface area (Å²) in [7, 11) is 0. The van der Waals surface area contributed by atoms with Gasteiger partial charge in [-0.25, -0.2) is 4.79 Å². The molecule has 0 radical (unpaired) electrons. The van der Waals surface area contributed by atoms with E-state index in [1.165, 1.54) is 12.1 Å². The van der Waals surface area contributed by atoms with Gasteiger partial charge in [-0.05, 0) is 31.2 Å². The molecule has 2 heterocycles. The lowest BCUT2D eigenvalue weighted by molar-refractivity contribution is -0.0583. The monoisotopic (exact) mass is 332 g/mol. The van der Waals surface area contributed by atoms with E-state index < -0.39 is 17.8 Å². The lowest BCUT2D eigenvalue weighted by atomic mass is 10.1. The zero-order chi connectivity index (χ0) is 17.6. The van der Waals surface area contributed by atoms with E-state index >= 15 is 0 Å². The third-order valence-corrected chi connectivity index (χ3v) is 4.00. The second kappa shape index (κ2) is 5.52. The fourth-order valence-electron chi connectivity index (χ4n) is 2.86. The van der Waals surface area contributed by atoms with Gasteiger partial charge in [0.15, 0.2) is 0 Å². The predicted octanol–water partition coefficient (Wildman–Crippen LogP) is 2.91. The third-order valence-electron chi connectivity index (χ3n) is 4.00. The molecule has 25 heavy (non-hydrogen) atoms. The molecule has 0 atom stereocenters. The predicted molar refractivity (Wildman–Crippen MR) is 88.8 cm³/mol. The Balaban J connectivity index is 1.70. The molecule has 0 N–H and O–H groups in total. The minimum Gasteiger partial charge on any atom is -0.324 e. The number of aromatic nitrogens is 1. The highest BCUT2D eigenvalue weighted by atomic mass is 16.7. The van der Waals surface area contributed by atoms with Gasteiger partial charge >= 0.3 is 5.97 Å². The largest absolute Gasteiger partial charge is 0.364 e. The summed E-state index contributed by atoms with van der Waals surface area (Å²) in [5.74, 6) is -2.08. The summed E-state index contributed by atoms with van der Waals surface area (Å²) < 4.78 is 0. The Morgan fingerprint density at radius 2 is 1.56 bits per heavy atom. The Kier molecular flexibility index (Phi) is 3.32. The van der Waals surface area contributed by atoms with Gasteiger partial charge in [-0.15, -0.1) is 0 Å². The van der Waals surface area contributed by atoms with E-state index in [9.17, 15) is 14.4 Å². The molecule has 4 rings (SSSR count). The first-order valence-electron chi connectivity index (χ1n) is 7.63. The van der Waals surface area contributed by atoms with Crippen molar-refractivity contribution in [1.82, 2.24) is 10.0 Å². The molecular weight excluding hydrogens is 320 g/mol. The number of rotatable bonds is 2. The molecule has 6 heteroatoms. The first-order chi connectivity index (χ1) is 12.1. The van der Waals surface area contributed by atoms with Crippen molar-refractivity contribution in [3.63, 3.8) is 0 Å². The molecule has 1 aliphatic rings. The Morgan fingerprint density at radius 3 is 2.24 bits per heavy atom. The highest BCUT2D eigenvalue weighted by Gasteiger charge is 2.39. The van der Waals surface area contributed by atoms with Gasteiger partial charge < -0.3 is 4.84 Å². The van der Waals surface area contributed by atoms with Crippen molar-refractivity contribution in [2.75, 3.05) is 0 Å². The minimum absolute atomic E-state index is 0.219. The number of para-hydroxylation sites is 1. The summed E-state index contributed by atoms with van der Waals surface area (Å²) in [5, 5.41) is 1.10. The van der Waals surface area contributed by atoms with Crippen LogP contribution in [0, 0.1) is 6.92 Å². The maximum absolute atomic E-state index is 12.6. The second-order valence-corrected chi connectivity index (χ2v) is 5.66. The zero-order valence-electron chi connectivity index (χ0n) is 13.2. The maximum atomic E-state index is 12.6. The molecule has 3 aromatic rings. The van der Waals surface area contributed by atoms with Crippen molar-refractivity contribution in [3.8, 4) is 0 Å². The molecule has 122 valence electrons. The maximum Gasteiger partial charge on any atom is 0.364 e. The van der Waals surface area contributed by atoms with Crippen LogP contribution >= 0.6 is 0 Å². The van der Waals surface area contributed by atoms with Gasteiger partial charge in [-0.2, -0.15) is 0 Å². The number of hydrogen-bond acceptors (Lipinski definition) is 5. The summed E-state index contributed by atoms with van der Waals surface area (Å²) in [6, 6.07) is 15.0. The quantitative estimate of drug-likeness (QED) is 0.674. The Labute approximate surface area is 142 Å². The molecule has 6 nitrogen and oxygen atoms in total. The number of hydrogen-bond donors (Lipinski definition) is 0. The van der Waals surface area contributed by atoms with E-state index in [1.54, 1.807) is 43.3 Å². The Bertz CT molecular complexity index is 1020. The van der Waals surface area contributed by atoms with Crippen molar-refractivity contribution in [3.05, 3.63) is 77.0 Å². The molecule has 2 aromatic carbocycles. The average molecular weight is 332 g/mol. The van der Waals surface area contributed by atoms with Gasteiger partial charge in [0.2, 0.25) is 0 Å². The van der Waals surface area contributed by atoms with Gasteiger partial charge in [-0.3, -0.25) is 14.6 Å². The van der Waals surface area contributed by atoms with Crippen LogP contribution in [0.1, 0.15) is 36.8 Å². The van der Waals surface area contributed by atoms with E-state index in [4.69, 9.17) is 4.84 Å². The number of amides is 2. The van der Waals surface area contributed by atoms with Crippen molar-refractivity contribution >= 4 is 28.7 Å². The topological polar surface area (TPSA) is 76.6 Å². The van der Waals surface area contributed by atoms with E-state index in [0.29, 0.717) is 21.7 Å². The van der Waals surface area contributed by atoms with Crippen LogP contribution in [-0.4, -0.2) is 27.8 Å². The summed E-state index contributed by atoms with van der Waals surface area (Å²) in [4.78, 5) is 46.7. The van der Waals surface area contributed by atoms with Crippen LogP contribution in [0.15, 0.2) is 54.6 Å². The fourth-order valence-corrected chi connectivity index (χ4v) is 2.86. The van der Waals surface area contributed by atoms with Crippen LogP contribution in [0.2, 0.25) is 0 Å². The smallest absolute Gasteiger partial charge is 0.324 e. The molecule has 1 aliphatic heterocycles. The number of carbonyl (C=O) groups is 3. The number of benzene rings is 2. The highest BCUT2D eigenvalue weighted by molar-refractivity contribution is 6.21. The van der Waals surface area contributed by atoms with Crippen LogP contribution in [0.5, 0.6) is 0 Å². The minimum atomic E-state index is -0.781. The van der Waals surface area contributed by atoms with Gasteiger partial charge in [0, 0.05) is 11.1 Å². The van der Waals surface area contributed by atoms with Crippen LogP contribution in [0.25, 0.3) is 10.9 Å². The van der Waals surface area contributed by atoms with E-state index in [2.05, 4.69) is 4.98 Å². The SMILES string of the molecule is Cc1cc(C(=O)ON2C(=O)c3ccccc3C2=O)c2ccccc2n1. The molecule has 0 bridgehead atoms. The van der Waals surface area contributed by atoms with Crippen LogP contribution in [-0.2, 0) is 4.84 Å². The molecule has 1 aromatic heterocycles. The summed E-state index contributed by atoms with van der Waals surface area (Å²) in [6.07, 6.45) is 0. The molecular formula is C19H12N2O4. The molecule has 0 spiro atoms. The summed E-state index contributed by atoms with van der Waals surface area (Å²) in [6.45, 7) is 1.76. The number of aryl methyl sites for hydroxylation is 1. The molecule has 0 saturated heterocycles.